The van der Waals surface area contributed by atoms with E-state index in [0.29, 0.717) is 0 Å². The van der Waals surface area contributed by atoms with E-state index in [2.05, 4.69) is 65.1 Å². The van der Waals surface area contributed by atoms with Crippen LogP contribution in [-0.4, -0.2) is 19.2 Å². The second kappa shape index (κ2) is 5.31. The van der Waals surface area contributed by atoms with Crippen molar-refractivity contribution in [2.45, 2.75) is 52.5 Å². The van der Waals surface area contributed by atoms with E-state index >= 15 is 0 Å². The molecule has 0 heterocycles. The quantitative estimate of drug-likeness (QED) is 0.879. The Hall–Kier alpha value is -1.02. The molecule has 0 saturated heterocycles. The van der Waals surface area contributed by atoms with Crippen LogP contribution in [0.25, 0.3) is 0 Å². The molecule has 0 atom stereocenters. The maximum absolute atomic E-state index is 5.41. The molecular weight excluding hydrogens is 222 g/mol. The molecule has 0 unspecified atom stereocenters. The molecule has 0 fully saturated rings. The number of hydrogen-bond donors (Lipinski definition) is 1. The predicted molar refractivity (Wildman–Crippen MR) is 78.5 cm³/mol. The average molecular weight is 249 g/mol. The first-order valence-corrected chi connectivity index (χ1v) is 6.56. The SMILES string of the molecule is COc1cc(C(C)(C)CNC(C)(C)C)ccc1C. The van der Waals surface area contributed by atoms with Gasteiger partial charge in [-0.2, -0.15) is 0 Å². The van der Waals surface area contributed by atoms with Gasteiger partial charge in [-0.05, 0) is 44.9 Å². The predicted octanol–water partition coefficient (Wildman–Crippen LogP) is 3.67. The van der Waals surface area contributed by atoms with Crippen molar-refractivity contribution < 1.29 is 4.74 Å². The lowest BCUT2D eigenvalue weighted by atomic mass is 9.83. The summed E-state index contributed by atoms with van der Waals surface area (Å²) in [6, 6.07) is 6.48. The second-order valence-electron chi connectivity index (χ2n) is 6.67. The maximum atomic E-state index is 5.41. The van der Waals surface area contributed by atoms with Crippen LogP contribution in [0, 0.1) is 6.92 Å². The summed E-state index contributed by atoms with van der Waals surface area (Å²) < 4.78 is 5.41. The molecule has 1 aromatic carbocycles. The summed E-state index contributed by atoms with van der Waals surface area (Å²) in [6.45, 7) is 14.1. The highest BCUT2D eigenvalue weighted by atomic mass is 16.5. The Morgan fingerprint density at radius 3 is 2.22 bits per heavy atom. The van der Waals surface area contributed by atoms with Gasteiger partial charge in [0.25, 0.3) is 0 Å². The number of benzene rings is 1. The highest BCUT2D eigenvalue weighted by Crippen LogP contribution is 2.28. The van der Waals surface area contributed by atoms with E-state index in [9.17, 15) is 0 Å². The standard InChI is InChI=1S/C16H27NO/c1-12-8-9-13(10-14(12)18-7)16(5,6)11-17-15(2,3)4/h8-10,17H,11H2,1-7H3. The van der Waals surface area contributed by atoms with Crippen molar-refractivity contribution >= 4 is 0 Å². The molecule has 0 aliphatic rings. The Morgan fingerprint density at radius 2 is 1.72 bits per heavy atom. The van der Waals surface area contributed by atoms with Crippen LogP contribution >= 0.6 is 0 Å². The number of ether oxygens (including phenoxy) is 1. The van der Waals surface area contributed by atoms with Crippen LogP contribution in [0.4, 0.5) is 0 Å². The van der Waals surface area contributed by atoms with E-state index < -0.39 is 0 Å². The van der Waals surface area contributed by atoms with Crippen molar-refractivity contribution in [2.75, 3.05) is 13.7 Å². The van der Waals surface area contributed by atoms with Gasteiger partial charge in [0.2, 0.25) is 0 Å². The third-order valence-electron chi connectivity index (χ3n) is 3.25. The molecule has 0 aromatic heterocycles. The Bertz CT molecular complexity index is 402. The van der Waals surface area contributed by atoms with Crippen molar-refractivity contribution in [1.82, 2.24) is 5.32 Å². The lowest BCUT2D eigenvalue weighted by Crippen LogP contribution is -2.43. The molecule has 0 bridgehead atoms. The fourth-order valence-corrected chi connectivity index (χ4v) is 1.83. The number of rotatable bonds is 4. The normalized spacial score (nSPS) is 12.6. The first kappa shape index (κ1) is 15.0. The minimum atomic E-state index is 0.0915. The van der Waals surface area contributed by atoms with Crippen LogP contribution in [0.15, 0.2) is 18.2 Å². The molecule has 102 valence electrons. The first-order chi connectivity index (χ1) is 8.15. The Balaban J connectivity index is 2.90. The second-order valence-corrected chi connectivity index (χ2v) is 6.67. The fourth-order valence-electron chi connectivity index (χ4n) is 1.83. The molecule has 2 nitrogen and oxygen atoms in total. The summed E-state index contributed by atoms with van der Waals surface area (Å²) in [5.41, 5.74) is 2.72. The Labute approximate surface area is 112 Å². The number of hydrogen-bond acceptors (Lipinski definition) is 2. The summed E-state index contributed by atoms with van der Waals surface area (Å²) in [5.74, 6) is 0.969. The number of methoxy groups -OCH3 is 1. The summed E-state index contributed by atoms with van der Waals surface area (Å²) in [4.78, 5) is 0. The monoisotopic (exact) mass is 249 g/mol. The maximum Gasteiger partial charge on any atom is 0.122 e. The summed E-state index contributed by atoms with van der Waals surface area (Å²) in [5, 5.41) is 3.57. The van der Waals surface area contributed by atoms with Crippen molar-refractivity contribution in [1.29, 1.82) is 0 Å². The molecule has 0 aliphatic heterocycles. The molecule has 0 radical (unpaired) electrons. The molecule has 0 spiro atoms. The molecule has 1 N–H and O–H groups in total. The number of nitrogens with one attached hydrogen (secondary N) is 1. The highest BCUT2D eigenvalue weighted by Gasteiger charge is 2.23. The Kier molecular flexibility index (Phi) is 4.44. The lowest BCUT2D eigenvalue weighted by molar-refractivity contribution is 0.361. The van der Waals surface area contributed by atoms with Crippen molar-refractivity contribution in [3.05, 3.63) is 29.3 Å². The third kappa shape index (κ3) is 4.02. The third-order valence-corrected chi connectivity index (χ3v) is 3.25. The van der Waals surface area contributed by atoms with Crippen molar-refractivity contribution in [2.24, 2.45) is 0 Å². The minimum absolute atomic E-state index is 0.0915. The van der Waals surface area contributed by atoms with Crippen LogP contribution in [0.1, 0.15) is 45.7 Å². The van der Waals surface area contributed by atoms with Gasteiger partial charge in [-0.25, -0.2) is 0 Å². The van der Waals surface area contributed by atoms with Gasteiger partial charge >= 0.3 is 0 Å². The lowest BCUT2D eigenvalue weighted by Gasteiger charge is -2.31. The largest absolute Gasteiger partial charge is 0.496 e. The van der Waals surface area contributed by atoms with Crippen LogP contribution in [0.5, 0.6) is 5.75 Å². The van der Waals surface area contributed by atoms with Gasteiger partial charge in [-0.1, -0.05) is 26.0 Å². The molecular formula is C16H27NO. The Morgan fingerprint density at radius 1 is 1.11 bits per heavy atom. The van der Waals surface area contributed by atoms with Crippen LogP contribution in [-0.2, 0) is 5.41 Å². The average Bonchev–Trinajstić information content (AvgIpc) is 2.26. The zero-order valence-corrected chi connectivity index (χ0v) is 12.8. The molecule has 18 heavy (non-hydrogen) atoms. The molecule has 0 amide bonds. The first-order valence-electron chi connectivity index (χ1n) is 6.56. The molecule has 2 heteroatoms. The summed E-state index contributed by atoms with van der Waals surface area (Å²) in [6.07, 6.45) is 0. The van der Waals surface area contributed by atoms with E-state index in [1.807, 2.05) is 0 Å². The molecule has 1 aromatic rings. The van der Waals surface area contributed by atoms with Crippen LogP contribution in [0.2, 0.25) is 0 Å². The van der Waals surface area contributed by atoms with Crippen molar-refractivity contribution in [3.8, 4) is 5.75 Å². The van der Waals surface area contributed by atoms with Gasteiger partial charge in [0, 0.05) is 17.5 Å². The summed E-state index contributed by atoms with van der Waals surface area (Å²) >= 11 is 0. The van der Waals surface area contributed by atoms with Gasteiger partial charge in [-0.3, -0.25) is 0 Å². The van der Waals surface area contributed by atoms with E-state index in [0.717, 1.165) is 12.3 Å². The van der Waals surface area contributed by atoms with E-state index in [1.165, 1.54) is 11.1 Å². The van der Waals surface area contributed by atoms with Gasteiger partial charge in [0.15, 0.2) is 0 Å². The topological polar surface area (TPSA) is 21.3 Å². The number of aryl methyl sites for hydroxylation is 1. The van der Waals surface area contributed by atoms with E-state index in [4.69, 9.17) is 4.74 Å². The zero-order valence-electron chi connectivity index (χ0n) is 12.8. The molecule has 1 rings (SSSR count). The summed E-state index contributed by atoms with van der Waals surface area (Å²) in [7, 11) is 1.73. The van der Waals surface area contributed by atoms with E-state index in [-0.39, 0.29) is 11.0 Å². The van der Waals surface area contributed by atoms with Gasteiger partial charge in [-0.15, -0.1) is 0 Å². The van der Waals surface area contributed by atoms with Crippen LogP contribution < -0.4 is 10.1 Å². The smallest absolute Gasteiger partial charge is 0.122 e. The van der Waals surface area contributed by atoms with Gasteiger partial charge in [0.1, 0.15) is 5.75 Å². The van der Waals surface area contributed by atoms with Gasteiger partial charge in [0.05, 0.1) is 7.11 Å². The highest BCUT2D eigenvalue weighted by molar-refractivity contribution is 5.39. The molecule has 0 aliphatic carbocycles. The van der Waals surface area contributed by atoms with Crippen molar-refractivity contribution in [3.63, 3.8) is 0 Å². The van der Waals surface area contributed by atoms with Crippen LogP contribution in [0.3, 0.4) is 0 Å². The minimum Gasteiger partial charge on any atom is -0.496 e. The fraction of sp³-hybridized carbons (Fsp3) is 0.625. The zero-order chi connectivity index (χ0) is 14.0. The van der Waals surface area contributed by atoms with E-state index in [1.54, 1.807) is 7.11 Å². The molecule has 0 saturated carbocycles. The van der Waals surface area contributed by atoms with Gasteiger partial charge < -0.3 is 10.1 Å².